The van der Waals surface area contributed by atoms with Gasteiger partial charge in [-0.05, 0) is 17.7 Å². The van der Waals surface area contributed by atoms with Crippen LogP contribution in [-0.2, 0) is 26.1 Å². The van der Waals surface area contributed by atoms with Crippen LogP contribution >= 0.6 is 0 Å². The highest BCUT2D eigenvalue weighted by Crippen LogP contribution is 2.26. The van der Waals surface area contributed by atoms with Crippen LogP contribution < -0.4 is 4.74 Å². The van der Waals surface area contributed by atoms with E-state index in [1.54, 1.807) is 23.1 Å². The van der Waals surface area contributed by atoms with Crippen LogP contribution in [0.1, 0.15) is 5.56 Å². The van der Waals surface area contributed by atoms with Crippen molar-refractivity contribution in [1.82, 2.24) is 14.1 Å². The molecule has 2 heterocycles. The molecule has 1 unspecified atom stereocenters. The molecule has 32 heavy (non-hydrogen) atoms. The Hall–Kier alpha value is -2.46. The predicted molar refractivity (Wildman–Crippen MR) is 120 cm³/mol. The van der Waals surface area contributed by atoms with E-state index in [0.29, 0.717) is 51.7 Å². The average Bonchev–Trinajstić information content (AvgIpc) is 2.84. The molecule has 0 aliphatic carbocycles. The monoisotopic (exact) mass is 459 g/mol. The Bertz CT molecular complexity index is 1020. The lowest BCUT2D eigenvalue weighted by Gasteiger charge is -2.42. The summed E-state index contributed by atoms with van der Waals surface area (Å²) in [6.45, 7) is 3.68. The van der Waals surface area contributed by atoms with E-state index in [2.05, 4.69) is 4.90 Å². The molecule has 2 aliphatic rings. The van der Waals surface area contributed by atoms with Gasteiger partial charge in [0.2, 0.25) is 15.9 Å². The van der Waals surface area contributed by atoms with E-state index >= 15 is 0 Å². The second-order valence-corrected chi connectivity index (χ2v) is 9.86. The van der Waals surface area contributed by atoms with Crippen LogP contribution in [0.25, 0.3) is 0 Å². The van der Waals surface area contributed by atoms with Crippen molar-refractivity contribution in [2.75, 3.05) is 53.0 Å². The number of carbonyl (C=O) groups excluding carboxylic acids is 1. The van der Waals surface area contributed by atoms with Crippen molar-refractivity contribution in [3.8, 4) is 5.75 Å². The van der Waals surface area contributed by atoms with Crippen LogP contribution in [0.2, 0.25) is 0 Å². The number of methoxy groups -OCH3 is 1. The van der Waals surface area contributed by atoms with E-state index in [9.17, 15) is 13.2 Å². The Morgan fingerprint density at radius 1 is 1.03 bits per heavy atom. The van der Waals surface area contributed by atoms with Crippen LogP contribution in [0.15, 0.2) is 59.5 Å². The van der Waals surface area contributed by atoms with Gasteiger partial charge in [0, 0.05) is 45.3 Å². The number of carbonyl (C=O) groups is 1. The van der Waals surface area contributed by atoms with Crippen molar-refractivity contribution in [2.24, 2.45) is 0 Å². The smallest absolute Gasteiger partial charge is 0.244 e. The summed E-state index contributed by atoms with van der Waals surface area (Å²) in [6, 6.07) is 15.6. The number of sulfonamides is 1. The first-order valence-electron chi connectivity index (χ1n) is 10.8. The van der Waals surface area contributed by atoms with Gasteiger partial charge in [0.25, 0.3) is 0 Å². The standard InChI is InChI=1S/C23H29N3O5S/c1-30-20-8-5-9-21(16-20)32(28,29)26-11-10-24(17-19-6-3-2-4-7-19)18-22(26)23(27)25-12-14-31-15-13-25/h2-9,16,22H,10-15,17-18H2,1H3. The summed E-state index contributed by atoms with van der Waals surface area (Å²) < 4.78 is 39.1. The molecule has 1 atom stereocenters. The van der Waals surface area contributed by atoms with Gasteiger partial charge in [-0.2, -0.15) is 4.31 Å². The number of hydrogen-bond donors (Lipinski definition) is 0. The maximum atomic E-state index is 13.6. The van der Waals surface area contributed by atoms with Crippen molar-refractivity contribution in [3.63, 3.8) is 0 Å². The Labute approximate surface area is 189 Å². The molecule has 0 radical (unpaired) electrons. The Kier molecular flexibility index (Phi) is 7.10. The van der Waals surface area contributed by atoms with Gasteiger partial charge in [-0.25, -0.2) is 8.42 Å². The molecule has 8 nitrogen and oxygen atoms in total. The number of hydrogen-bond acceptors (Lipinski definition) is 6. The summed E-state index contributed by atoms with van der Waals surface area (Å²) >= 11 is 0. The summed E-state index contributed by atoms with van der Waals surface area (Å²) in [5.74, 6) is 0.294. The molecular weight excluding hydrogens is 430 g/mol. The Morgan fingerprint density at radius 3 is 2.50 bits per heavy atom. The predicted octanol–water partition coefficient (Wildman–Crippen LogP) is 1.43. The Balaban J connectivity index is 1.61. The second-order valence-electron chi connectivity index (χ2n) is 7.97. The molecule has 9 heteroatoms. The maximum absolute atomic E-state index is 13.6. The number of piperazine rings is 1. The molecular formula is C23H29N3O5S. The summed E-state index contributed by atoms with van der Waals surface area (Å²) in [4.78, 5) is 17.5. The molecule has 2 aromatic rings. The van der Waals surface area contributed by atoms with Gasteiger partial charge in [0.15, 0.2) is 0 Å². The first-order valence-corrected chi connectivity index (χ1v) is 12.2. The average molecular weight is 460 g/mol. The van der Waals surface area contributed by atoms with Crippen LogP contribution in [0.4, 0.5) is 0 Å². The minimum absolute atomic E-state index is 0.133. The molecule has 0 N–H and O–H groups in total. The number of rotatable bonds is 6. The summed E-state index contributed by atoms with van der Waals surface area (Å²) in [5, 5.41) is 0. The van der Waals surface area contributed by atoms with E-state index < -0.39 is 16.1 Å². The third-order valence-corrected chi connectivity index (χ3v) is 7.82. The molecule has 2 fully saturated rings. The van der Waals surface area contributed by atoms with Crippen molar-refractivity contribution >= 4 is 15.9 Å². The molecule has 4 rings (SSSR count). The van der Waals surface area contributed by atoms with E-state index in [-0.39, 0.29) is 17.3 Å². The highest BCUT2D eigenvalue weighted by Gasteiger charge is 2.42. The zero-order valence-electron chi connectivity index (χ0n) is 18.2. The highest BCUT2D eigenvalue weighted by molar-refractivity contribution is 7.89. The van der Waals surface area contributed by atoms with Crippen LogP contribution in [0, 0.1) is 0 Å². The van der Waals surface area contributed by atoms with Gasteiger partial charge in [-0.15, -0.1) is 0 Å². The van der Waals surface area contributed by atoms with Crippen molar-refractivity contribution in [2.45, 2.75) is 17.5 Å². The molecule has 2 aromatic carbocycles. The minimum Gasteiger partial charge on any atom is -0.497 e. The molecule has 1 amide bonds. The zero-order valence-corrected chi connectivity index (χ0v) is 19.0. The largest absolute Gasteiger partial charge is 0.497 e. The van der Waals surface area contributed by atoms with Crippen molar-refractivity contribution in [1.29, 1.82) is 0 Å². The summed E-state index contributed by atoms with van der Waals surface area (Å²) in [7, 11) is -2.38. The maximum Gasteiger partial charge on any atom is 0.244 e. The van der Waals surface area contributed by atoms with E-state index in [0.717, 1.165) is 5.56 Å². The lowest BCUT2D eigenvalue weighted by molar-refractivity contribution is -0.141. The second kappa shape index (κ2) is 9.99. The lowest BCUT2D eigenvalue weighted by Crippen LogP contribution is -2.61. The van der Waals surface area contributed by atoms with Crippen molar-refractivity contribution in [3.05, 3.63) is 60.2 Å². The SMILES string of the molecule is COc1cccc(S(=O)(=O)N2CCN(Cc3ccccc3)CC2C(=O)N2CCOCC2)c1. The van der Waals surface area contributed by atoms with Gasteiger partial charge < -0.3 is 14.4 Å². The van der Waals surface area contributed by atoms with Crippen LogP contribution in [0.3, 0.4) is 0 Å². The normalized spacial score (nSPS) is 20.8. The number of ether oxygens (including phenoxy) is 2. The summed E-state index contributed by atoms with van der Waals surface area (Å²) in [6.07, 6.45) is 0. The topological polar surface area (TPSA) is 79.4 Å². The third-order valence-electron chi connectivity index (χ3n) is 5.92. The number of benzene rings is 2. The number of morpholine rings is 1. The van der Waals surface area contributed by atoms with Gasteiger partial charge in [0.05, 0.1) is 25.2 Å². The molecule has 0 saturated carbocycles. The lowest BCUT2D eigenvalue weighted by atomic mass is 10.1. The van der Waals surface area contributed by atoms with E-state index in [1.165, 1.54) is 17.5 Å². The fourth-order valence-electron chi connectivity index (χ4n) is 4.19. The van der Waals surface area contributed by atoms with Crippen LogP contribution in [-0.4, -0.2) is 87.5 Å². The highest BCUT2D eigenvalue weighted by atomic mass is 32.2. The van der Waals surface area contributed by atoms with E-state index in [1.807, 2.05) is 30.3 Å². The summed E-state index contributed by atoms with van der Waals surface area (Å²) in [5.41, 5.74) is 1.13. The van der Waals surface area contributed by atoms with Crippen molar-refractivity contribution < 1.29 is 22.7 Å². The van der Waals surface area contributed by atoms with Gasteiger partial charge in [0.1, 0.15) is 11.8 Å². The number of nitrogens with zero attached hydrogens (tertiary/aromatic N) is 3. The van der Waals surface area contributed by atoms with Crippen LogP contribution in [0.5, 0.6) is 5.75 Å². The fourth-order valence-corrected chi connectivity index (χ4v) is 5.79. The number of amides is 1. The van der Waals surface area contributed by atoms with Gasteiger partial charge >= 0.3 is 0 Å². The third kappa shape index (κ3) is 4.96. The molecule has 0 aromatic heterocycles. The fraction of sp³-hybridized carbons (Fsp3) is 0.435. The Morgan fingerprint density at radius 2 is 1.78 bits per heavy atom. The van der Waals surface area contributed by atoms with Gasteiger partial charge in [-0.3, -0.25) is 9.69 Å². The first-order chi connectivity index (χ1) is 15.5. The first kappa shape index (κ1) is 22.7. The zero-order chi connectivity index (χ0) is 22.6. The quantitative estimate of drug-likeness (QED) is 0.650. The molecule has 2 aliphatic heterocycles. The van der Waals surface area contributed by atoms with E-state index in [4.69, 9.17) is 9.47 Å². The molecule has 0 spiro atoms. The molecule has 2 saturated heterocycles. The molecule has 0 bridgehead atoms. The molecule has 172 valence electrons. The van der Waals surface area contributed by atoms with Gasteiger partial charge in [-0.1, -0.05) is 36.4 Å². The minimum atomic E-state index is -3.88.